The monoisotopic (exact) mass is 264 g/mol. The Morgan fingerprint density at radius 1 is 1.37 bits per heavy atom. The summed E-state index contributed by atoms with van der Waals surface area (Å²) in [5, 5.41) is 14.0. The number of nitrogens with one attached hydrogen (secondary N) is 2. The molecule has 2 heterocycles. The number of nitrogens with zero attached hydrogens (tertiary/aromatic N) is 2. The van der Waals surface area contributed by atoms with Gasteiger partial charge >= 0.3 is 0 Å². The van der Waals surface area contributed by atoms with Gasteiger partial charge in [-0.1, -0.05) is 0 Å². The van der Waals surface area contributed by atoms with E-state index < -0.39 is 0 Å². The van der Waals surface area contributed by atoms with E-state index in [0.29, 0.717) is 24.7 Å². The summed E-state index contributed by atoms with van der Waals surface area (Å²) in [6.45, 7) is 6.16. The highest BCUT2D eigenvalue weighted by Crippen LogP contribution is 2.20. The Bertz CT molecular complexity index is 427. The lowest BCUT2D eigenvalue weighted by molar-refractivity contribution is 0.0421. The Morgan fingerprint density at radius 2 is 2.11 bits per heavy atom. The van der Waals surface area contributed by atoms with Gasteiger partial charge in [-0.2, -0.15) is 0 Å². The quantitative estimate of drug-likeness (QED) is 0.854. The van der Waals surface area contributed by atoms with Crippen LogP contribution in [-0.2, 0) is 4.74 Å². The summed E-state index contributed by atoms with van der Waals surface area (Å²) in [7, 11) is 0. The molecule has 2 rings (SSSR count). The van der Waals surface area contributed by atoms with E-state index in [1.165, 1.54) is 0 Å². The number of anilines is 1. The average Bonchev–Trinajstić information content (AvgIpc) is 2.40. The van der Waals surface area contributed by atoms with Crippen LogP contribution >= 0.6 is 0 Å². The Labute approximate surface area is 112 Å². The summed E-state index contributed by atoms with van der Waals surface area (Å²) in [6.07, 6.45) is 1.64. The lowest BCUT2D eigenvalue weighted by Gasteiger charge is -2.34. The minimum Gasteiger partial charge on any atom is -0.381 e. The van der Waals surface area contributed by atoms with Gasteiger partial charge in [0, 0.05) is 25.3 Å². The maximum absolute atomic E-state index is 12.1. The lowest BCUT2D eigenvalue weighted by atomic mass is 9.92. The van der Waals surface area contributed by atoms with Crippen LogP contribution in [0.2, 0.25) is 0 Å². The zero-order valence-electron chi connectivity index (χ0n) is 11.4. The fourth-order valence-electron chi connectivity index (χ4n) is 2.01. The first kappa shape index (κ1) is 13.7. The number of carbonyl (C=O) groups is 1. The highest BCUT2D eigenvalue weighted by atomic mass is 16.5. The summed E-state index contributed by atoms with van der Waals surface area (Å²) < 4.78 is 5.31. The number of hydrogen-bond acceptors (Lipinski definition) is 5. The second-order valence-corrected chi connectivity index (χ2v) is 4.96. The third-order valence-electron chi connectivity index (χ3n) is 3.27. The zero-order valence-corrected chi connectivity index (χ0v) is 11.4. The maximum Gasteiger partial charge on any atom is 0.272 e. The van der Waals surface area contributed by atoms with Crippen LogP contribution in [0.25, 0.3) is 0 Å². The van der Waals surface area contributed by atoms with Crippen molar-refractivity contribution >= 4 is 11.7 Å². The molecule has 1 fully saturated rings. The van der Waals surface area contributed by atoms with E-state index in [1.807, 2.05) is 13.8 Å². The number of hydrogen-bond donors (Lipinski definition) is 2. The molecule has 0 aromatic carbocycles. The molecule has 0 unspecified atom stereocenters. The topological polar surface area (TPSA) is 76.1 Å². The van der Waals surface area contributed by atoms with Gasteiger partial charge in [0.2, 0.25) is 0 Å². The highest BCUT2D eigenvalue weighted by molar-refractivity contribution is 5.92. The van der Waals surface area contributed by atoms with Gasteiger partial charge in [-0.05, 0) is 38.8 Å². The van der Waals surface area contributed by atoms with Crippen LogP contribution in [0.3, 0.4) is 0 Å². The second kappa shape index (κ2) is 5.97. The number of rotatable bonds is 4. The molecule has 1 aromatic rings. The van der Waals surface area contributed by atoms with Crippen molar-refractivity contribution in [2.45, 2.75) is 32.2 Å². The average molecular weight is 264 g/mol. The van der Waals surface area contributed by atoms with Crippen LogP contribution in [0, 0.1) is 0 Å². The molecule has 6 heteroatoms. The molecule has 0 saturated carbocycles. The summed E-state index contributed by atoms with van der Waals surface area (Å²) in [5.74, 6) is 0.497. The van der Waals surface area contributed by atoms with Gasteiger partial charge in [-0.15, -0.1) is 10.2 Å². The number of amides is 1. The fourth-order valence-corrected chi connectivity index (χ4v) is 2.01. The van der Waals surface area contributed by atoms with Crippen LogP contribution in [-0.4, -0.2) is 41.4 Å². The second-order valence-electron chi connectivity index (χ2n) is 4.96. The van der Waals surface area contributed by atoms with Gasteiger partial charge in [0.25, 0.3) is 5.91 Å². The first-order valence-electron chi connectivity index (χ1n) is 6.61. The summed E-state index contributed by atoms with van der Waals surface area (Å²) in [6, 6.07) is 3.45. The van der Waals surface area contributed by atoms with Crippen molar-refractivity contribution < 1.29 is 9.53 Å². The Kier molecular flexibility index (Phi) is 4.31. The van der Waals surface area contributed by atoms with Crippen molar-refractivity contribution in [1.82, 2.24) is 15.5 Å². The predicted molar refractivity (Wildman–Crippen MR) is 72.1 cm³/mol. The molecule has 19 heavy (non-hydrogen) atoms. The molecule has 1 aliphatic heterocycles. The van der Waals surface area contributed by atoms with Crippen LogP contribution in [0.1, 0.15) is 37.2 Å². The van der Waals surface area contributed by atoms with Crippen molar-refractivity contribution in [2.24, 2.45) is 0 Å². The molecule has 1 saturated heterocycles. The largest absolute Gasteiger partial charge is 0.381 e. The highest BCUT2D eigenvalue weighted by Gasteiger charge is 2.29. The molecule has 2 N–H and O–H groups in total. The van der Waals surface area contributed by atoms with E-state index >= 15 is 0 Å². The molecule has 0 radical (unpaired) electrons. The zero-order chi connectivity index (χ0) is 13.7. The Balaban J connectivity index is 1.99. The molecular weight excluding hydrogens is 244 g/mol. The Morgan fingerprint density at radius 3 is 2.68 bits per heavy atom. The van der Waals surface area contributed by atoms with Crippen LogP contribution in [0.5, 0.6) is 0 Å². The standard InChI is InChI=1S/C13H20N4O2/c1-3-14-11-5-4-10(16-17-11)12(18)15-13(2)6-8-19-9-7-13/h4-5H,3,6-9H2,1-2H3,(H,14,17)(H,15,18). The van der Waals surface area contributed by atoms with Crippen LogP contribution in [0.4, 0.5) is 5.82 Å². The van der Waals surface area contributed by atoms with E-state index in [2.05, 4.69) is 20.8 Å². The number of aromatic nitrogens is 2. The fraction of sp³-hybridized carbons (Fsp3) is 0.615. The normalized spacial score (nSPS) is 17.8. The smallest absolute Gasteiger partial charge is 0.272 e. The molecule has 1 aliphatic rings. The molecule has 0 spiro atoms. The molecular formula is C13H20N4O2. The minimum absolute atomic E-state index is 0.181. The van der Waals surface area contributed by atoms with Crippen molar-refractivity contribution in [3.63, 3.8) is 0 Å². The van der Waals surface area contributed by atoms with Crippen molar-refractivity contribution in [3.05, 3.63) is 17.8 Å². The number of ether oxygens (including phenoxy) is 1. The van der Waals surface area contributed by atoms with Gasteiger partial charge in [0.05, 0.1) is 0 Å². The third-order valence-corrected chi connectivity index (χ3v) is 3.27. The van der Waals surface area contributed by atoms with Gasteiger partial charge < -0.3 is 15.4 Å². The first-order chi connectivity index (χ1) is 9.13. The first-order valence-corrected chi connectivity index (χ1v) is 6.61. The number of carbonyl (C=O) groups excluding carboxylic acids is 1. The van der Waals surface area contributed by atoms with E-state index in [4.69, 9.17) is 4.74 Å². The summed E-state index contributed by atoms with van der Waals surface area (Å²) in [5.41, 5.74) is 0.131. The SMILES string of the molecule is CCNc1ccc(C(=O)NC2(C)CCOCC2)nn1. The van der Waals surface area contributed by atoms with E-state index in [0.717, 1.165) is 19.4 Å². The molecule has 104 valence electrons. The minimum atomic E-state index is -0.211. The molecule has 1 aromatic heterocycles. The van der Waals surface area contributed by atoms with Gasteiger partial charge in [-0.25, -0.2) is 0 Å². The van der Waals surface area contributed by atoms with E-state index in [1.54, 1.807) is 12.1 Å². The van der Waals surface area contributed by atoms with E-state index in [9.17, 15) is 4.79 Å². The van der Waals surface area contributed by atoms with Crippen molar-refractivity contribution in [3.8, 4) is 0 Å². The van der Waals surface area contributed by atoms with Gasteiger partial charge in [0.15, 0.2) is 5.69 Å². The summed E-state index contributed by atoms with van der Waals surface area (Å²) >= 11 is 0. The van der Waals surface area contributed by atoms with Crippen molar-refractivity contribution in [2.75, 3.05) is 25.1 Å². The molecule has 0 atom stereocenters. The molecule has 6 nitrogen and oxygen atoms in total. The third kappa shape index (κ3) is 3.64. The maximum atomic E-state index is 12.1. The van der Waals surface area contributed by atoms with Crippen LogP contribution in [0.15, 0.2) is 12.1 Å². The van der Waals surface area contributed by atoms with Crippen molar-refractivity contribution in [1.29, 1.82) is 0 Å². The molecule has 0 aliphatic carbocycles. The Hall–Kier alpha value is -1.69. The lowest BCUT2D eigenvalue weighted by Crippen LogP contribution is -2.49. The molecule has 0 bridgehead atoms. The van der Waals surface area contributed by atoms with E-state index in [-0.39, 0.29) is 11.4 Å². The van der Waals surface area contributed by atoms with Gasteiger partial charge in [-0.3, -0.25) is 4.79 Å². The summed E-state index contributed by atoms with van der Waals surface area (Å²) in [4.78, 5) is 12.1. The van der Waals surface area contributed by atoms with Crippen LogP contribution < -0.4 is 10.6 Å². The molecule has 1 amide bonds. The van der Waals surface area contributed by atoms with Gasteiger partial charge in [0.1, 0.15) is 5.82 Å². The predicted octanol–water partition coefficient (Wildman–Crippen LogP) is 1.21.